The van der Waals surface area contributed by atoms with Gasteiger partial charge in [-0.15, -0.1) is 0 Å². The summed E-state index contributed by atoms with van der Waals surface area (Å²) in [6, 6.07) is 11.7. The average Bonchev–Trinajstić information content (AvgIpc) is 3.55. The van der Waals surface area contributed by atoms with Gasteiger partial charge in [-0.1, -0.05) is 30.3 Å². The number of carboxylic acid groups (broad SMARTS) is 1. The first-order chi connectivity index (χ1) is 16.9. The molecule has 5 rings (SSSR count). The number of aromatic amines is 1. The van der Waals surface area contributed by atoms with Gasteiger partial charge in [-0.2, -0.15) is 10.1 Å². The minimum absolute atomic E-state index is 0.0188. The van der Waals surface area contributed by atoms with Gasteiger partial charge in [-0.05, 0) is 43.9 Å². The van der Waals surface area contributed by atoms with Crippen LogP contribution < -0.4 is 10.1 Å². The molecule has 3 N–H and O–H groups in total. The maximum Gasteiger partial charge on any atom is 0.314 e. The minimum Gasteiger partial charge on any atom is -0.481 e. The maximum absolute atomic E-state index is 11.6. The fraction of sp³-hybridized carbons (Fsp3) is 0.269. The summed E-state index contributed by atoms with van der Waals surface area (Å²) in [6.07, 6.45) is 8.21. The van der Waals surface area contributed by atoms with E-state index >= 15 is 0 Å². The Morgan fingerprint density at radius 2 is 1.86 bits per heavy atom. The standard InChI is InChI=1S/C26H26N6O3/c1-16(2)35-24-15-27-14-23(31-24)29-13-22-20(12-30-32-22)21-8-5-18(11-28-21)17-3-6-19(7-4-17)26(9-10-26)25(33)34/h3-8,11-12,14-16H,9-10,13H2,1-2H3,(H,29,31)(H,30,32)(H,33,34). The van der Waals surface area contributed by atoms with E-state index in [-0.39, 0.29) is 6.10 Å². The maximum atomic E-state index is 11.6. The molecule has 0 amide bonds. The van der Waals surface area contributed by atoms with Crippen LogP contribution >= 0.6 is 0 Å². The quantitative estimate of drug-likeness (QED) is 0.328. The third-order valence-corrected chi connectivity index (χ3v) is 6.10. The van der Waals surface area contributed by atoms with Crippen LogP contribution in [0, 0.1) is 0 Å². The number of H-pyrrole nitrogens is 1. The molecule has 178 valence electrons. The zero-order valence-electron chi connectivity index (χ0n) is 19.5. The monoisotopic (exact) mass is 470 g/mol. The first-order valence-corrected chi connectivity index (χ1v) is 11.5. The molecule has 0 aliphatic heterocycles. The van der Waals surface area contributed by atoms with Gasteiger partial charge < -0.3 is 15.2 Å². The second kappa shape index (κ2) is 9.17. The first-order valence-electron chi connectivity index (χ1n) is 11.5. The van der Waals surface area contributed by atoms with Gasteiger partial charge in [0, 0.05) is 17.3 Å². The number of pyridine rings is 1. The zero-order valence-corrected chi connectivity index (χ0v) is 19.5. The van der Waals surface area contributed by atoms with Crippen molar-refractivity contribution in [3.05, 3.63) is 72.4 Å². The lowest BCUT2D eigenvalue weighted by Gasteiger charge is -2.11. The summed E-state index contributed by atoms with van der Waals surface area (Å²) in [4.78, 5) is 24.8. The van der Waals surface area contributed by atoms with Gasteiger partial charge in [0.25, 0.3) is 0 Å². The Kier molecular flexibility index (Phi) is 5.90. The molecule has 0 radical (unpaired) electrons. The molecular weight excluding hydrogens is 444 g/mol. The van der Waals surface area contributed by atoms with Crippen LogP contribution in [0.25, 0.3) is 22.4 Å². The van der Waals surface area contributed by atoms with Crippen LogP contribution in [-0.4, -0.2) is 42.3 Å². The summed E-state index contributed by atoms with van der Waals surface area (Å²) in [5.41, 5.74) is 4.67. The summed E-state index contributed by atoms with van der Waals surface area (Å²) in [7, 11) is 0. The van der Waals surface area contributed by atoms with Crippen LogP contribution in [0.4, 0.5) is 5.82 Å². The molecule has 1 saturated carbocycles. The number of hydrogen-bond donors (Lipinski definition) is 3. The highest BCUT2D eigenvalue weighted by Crippen LogP contribution is 2.48. The molecule has 0 spiro atoms. The molecule has 9 nitrogen and oxygen atoms in total. The smallest absolute Gasteiger partial charge is 0.314 e. The van der Waals surface area contributed by atoms with Crippen molar-refractivity contribution in [1.82, 2.24) is 25.1 Å². The number of rotatable bonds is 9. The molecule has 1 fully saturated rings. The average molecular weight is 471 g/mol. The second-order valence-electron chi connectivity index (χ2n) is 8.92. The molecule has 0 atom stereocenters. The summed E-state index contributed by atoms with van der Waals surface area (Å²) < 4.78 is 5.60. The van der Waals surface area contributed by atoms with Crippen LogP contribution in [-0.2, 0) is 16.8 Å². The van der Waals surface area contributed by atoms with E-state index in [1.54, 1.807) is 18.6 Å². The van der Waals surface area contributed by atoms with Crippen molar-refractivity contribution in [2.24, 2.45) is 0 Å². The SMILES string of the molecule is CC(C)Oc1cncc(NCc2[nH]ncc2-c2ccc(-c3ccc(C4(C(=O)O)CC4)cc3)cn2)n1. The fourth-order valence-electron chi connectivity index (χ4n) is 4.04. The Labute approximate surface area is 202 Å². The van der Waals surface area contributed by atoms with E-state index in [4.69, 9.17) is 4.74 Å². The van der Waals surface area contributed by atoms with Gasteiger partial charge in [0.1, 0.15) is 5.82 Å². The Morgan fingerprint density at radius 1 is 1.09 bits per heavy atom. The molecule has 4 aromatic rings. The van der Waals surface area contributed by atoms with Crippen molar-refractivity contribution in [1.29, 1.82) is 0 Å². The molecule has 1 aliphatic rings. The third-order valence-electron chi connectivity index (χ3n) is 6.10. The van der Waals surface area contributed by atoms with Crippen LogP contribution in [0.2, 0.25) is 0 Å². The Bertz CT molecular complexity index is 1330. The van der Waals surface area contributed by atoms with Gasteiger partial charge in [0.05, 0.1) is 48.0 Å². The number of benzene rings is 1. The molecule has 35 heavy (non-hydrogen) atoms. The van der Waals surface area contributed by atoms with Gasteiger partial charge >= 0.3 is 5.97 Å². The summed E-state index contributed by atoms with van der Waals surface area (Å²) >= 11 is 0. The Morgan fingerprint density at radius 3 is 2.51 bits per heavy atom. The van der Waals surface area contributed by atoms with Crippen molar-refractivity contribution < 1.29 is 14.6 Å². The predicted octanol–water partition coefficient (Wildman–Crippen LogP) is 4.44. The van der Waals surface area contributed by atoms with Crippen molar-refractivity contribution in [3.8, 4) is 28.3 Å². The van der Waals surface area contributed by atoms with Crippen LogP contribution in [0.1, 0.15) is 37.9 Å². The Hall–Kier alpha value is -4.27. The van der Waals surface area contributed by atoms with Crippen molar-refractivity contribution in [2.45, 2.75) is 44.8 Å². The number of nitrogens with zero attached hydrogens (tertiary/aromatic N) is 4. The number of ether oxygens (including phenoxy) is 1. The molecule has 1 aliphatic carbocycles. The summed E-state index contributed by atoms with van der Waals surface area (Å²) in [6.45, 7) is 4.34. The second-order valence-corrected chi connectivity index (χ2v) is 8.92. The zero-order chi connectivity index (χ0) is 24.4. The third kappa shape index (κ3) is 4.70. The van der Waals surface area contributed by atoms with Crippen molar-refractivity contribution in [3.63, 3.8) is 0 Å². The van der Waals surface area contributed by atoms with E-state index < -0.39 is 11.4 Å². The normalized spacial score (nSPS) is 14.0. The number of anilines is 1. The van der Waals surface area contributed by atoms with E-state index in [0.29, 0.717) is 31.1 Å². The minimum atomic E-state index is -0.745. The van der Waals surface area contributed by atoms with Gasteiger partial charge in [0.15, 0.2) is 0 Å². The summed E-state index contributed by atoms with van der Waals surface area (Å²) in [5.74, 6) is 0.326. The number of aliphatic carboxylic acids is 1. The molecule has 0 unspecified atom stereocenters. The van der Waals surface area contributed by atoms with E-state index in [1.165, 1.54) is 0 Å². The number of carbonyl (C=O) groups is 1. The predicted molar refractivity (Wildman–Crippen MR) is 131 cm³/mol. The van der Waals surface area contributed by atoms with Crippen LogP contribution in [0.15, 0.2) is 61.2 Å². The van der Waals surface area contributed by atoms with E-state index in [2.05, 4.69) is 30.5 Å². The topological polar surface area (TPSA) is 126 Å². The summed E-state index contributed by atoms with van der Waals surface area (Å²) in [5, 5.41) is 20.0. The molecule has 0 saturated heterocycles. The number of hydrogen-bond acceptors (Lipinski definition) is 7. The highest BCUT2D eigenvalue weighted by molar-refractivity contribution is 5.85. The number of aromatic nitrogens is 5. The highest BCUT2D eigenvalue weighted by atomic mass is 16.5. The van der Waals surface area contributed by atoms with E-state index in [1.807, 2.05) is 56.4 Å². The van der Waals surface area contributed by atoms with Crippen LogP contribution in [0.5, 0.6) is 5.88 Å². The lowest BCUT2D eigenvalue weighted by Crippen LogP contribution is -2.19. The molecule has 3 heterocycles. The van der Waals surface area contributed by atoms with Crippen molar-refractivity contribution in [2.75, 3.05) is 5.32 Å². The van der Waals surface area contributed by atoms with E-state index in [9.17, 15) is 9.90 Å². The largest absolute Gasteiger partial charge is 0.481 e. The Balaban J connectivity index is 1.28. The van der Waals surface area contributed by atoms with Crippen molar-refractivity contribution >= 4 is 11.8 Å². The highest BCUT2D eigenvalue weighted by Gasteiger charge is 2.51. The van der Waals surface area contributed by atoms with E-state index in [0.717, 1.165) is 33.6 Å². The van der Waals surface area contributed by atoms with Crippen LogP contribution in [0.3, 0.4) is 0 Å². The fourth-order valence-corrected chi connectivity index (χ4v) is 4.04. The molecule has 9 heteroatoms. The molecular formula is C26H26N6O3. The molecule has 1 aromatic carbocycles. The molecule has 0 bridgehead atoms. The first kappa shape index (κ1) is 22.5. The van der Waals surface area contributed by atoms with Gasteiger partial charge in [0.2, 0.25) is 5.88 Å². The van der Waals surface area contributed by atoms with Gasteiger partial charge in [-0.25, -0.2) is 0 Å². The number of carboxylic acids is 1. The van der Waals surface area contributed by atoms with Gasteiger partial charge in [-0.3, -0.25) is 19.9 Å². The lowest BCUT2D eigenvalue weighted by molar-refractivity contribution is -0.140. The molecule has 3 aromatic heterocycles. The lowest BCUT2D eigenvalue weighted by atomic mass is 9.94. The number of nitrogens with one attached hydrogen (secondary N) is 2.